The number of hydrogen-bond donors (Lipinski definition) is 2. The molecular formula is C27H33N3O4. The first kappa shape index (κ1) is 24.1. The van der Waals surface area contributed by atoms with E-state index in [9.17, 15) is 9.59 Å². The number of benzene rings is 2. The monoisotopic (exact) mass is 463 g/mol. The van der Waals surface area contributed by atoms with Crippen LogP contribution in [0, 0.1) is 5.92 Å². The fourth-order valence-corrected chi connectivity index (χ4v) is 4.75. The molecule has 34 heavy (non-hydrogen) atoms. The molecule has 3 N–H and O–H groups in total. The molecule has 0 aromatic heterocycles. The van der Waals surface area contributed by atoms with Crippen molar-refractivity contribution in [2.45, 2.75) is 44.6 Å². The Morgan fingerprint density at radius 2 is 1.82 bits per heavy atom. The highest BCUT2D eigenvalue weighted by Gasteiger charge is 2.29. The lowest BCUT2D eigenvalue weighted by Crippen LogP contribution is -2.30. The van der Waals surface area contributed by atoms with Gasteiger partial charge < -0.3 is 15.6 Å². The molecule has 7 nitrogen and oxygen atoms in total. The van der Waals surface area contributed by atoms with Gasteiger partial charge in [0.1, 0.15) is 6.61 Å². The van der Waals surface area contributed by atoms with Crippen LogP contribution in [0.25, 0.3) is 0 Å². The molecule has 0 bridgehead atoms. The molecule has 2 aromatic rings. The Morgan fingerprint density at radius 1 is 1.09 bits per heavy atom. The Bertz CT molecular complexity index is 1030. The minimum Gasteiger partial charge on any atom is -0.463 e. The van der Waals surface area contributed by atoms with Gasteiger partial charge in [-0.2, -0.15) is 5.10 Å². The molecule has 4 rings (SSSR count). The molecule has 0 saturated carbocycles. The van der Waals surface area contributed by atoms with Gasteiger partial charge in [0.15, 0.2) is 5.78 Å². The number of hydrogen-bond acceptors (Lipinski definition) is 7. The summed E-state index contributed by atoms with van der Waals surface area (Å²) in [6.45, 7) is 1.83. The highest BCUT2D eigenvalue weighted by Crippen LogP contribution is 2.35. The van der Waals surface area contributed by atoms with E-state index in [0.717, 1.165) is 42.6 Å². The number of ketones is 1. The first-order valence-corrected chi connectivity index (χ1v) is 12.1. The SMILES string of the molecule is NC1c2ccc(C(=O)c3ccc(C=NN4CCCCC4)cc3)cc2CCC1CC(=O)OCCO. The first-order valence-electron chi connectivity index (χ1n) is 12.1. The summed E-state index contributed by atoms with van der Waals surface area (Å²) < 4.78 is 4.98. The summed E-state index contributed by atoms with van der Waals surface area (Å²) in [4.78, 5) is 25.0. The Morgan fingerprint density at radius 3 is 2.56 bits per heavy atom. The molecule has 1 heterocycles. The van der Waals surface area contributed by atoms with Gasteiger partial charge in [0.05, 0.1) is 19.2 Å². The molecule has 2 aromatic carbocycles. The van der Waals surface area contributed by atoms with Crippen LogP contribution in [0.5, 0.6) is 0 Å². The van der Waals surface area contributed by atoms with E-state index in [0.29, 0.717) is 11.1 Å². The standard InChI is InChI=1S/C27H33N3O4/c28-26-22(17-25(32)34-15-14-31)9-8-21-16-23(10-11-24(21)26)27(33)20-6-4-19(5-7-20)18-29-30-12-2-1-3-13-30/h4-7,10-11,16,18,22,26,31H,1-3,8-9,12-15,17,28H2. The summed E-state index contributed by atoms with van der Waals surface area (Å²) in [5, 5.41) is 15.5. The van der Waals surface area contributed by atoms with E-state index in [1.807, 2.05) is 48.7 Å². The number of carbonyl (C=O) groups excluding carboxylic acids is 2. The number of aliphatic hydroxyl groups is 1. The van der Waals surface area contributed by atoms with Crippen molar-refractivity contribution < 1.29 is 19.4 Å². The number of nitrogens with zero attached hydrogens (tertiary/aromatic N) is 2. The van der Waals surface area contributed by atoms with Gasteiger partial charge in [-0.25, -0.2) is 0 Å². The van der Waals surface area contributed by atoms with Crippen molar-refractivity contribution in [2.75, 3.05) is 26.3 Å². The summed E-state index contributed by atoms with van der Waals surface area (Å²) in [6.07, 6.45) is 7.25. The van der Waals surface area contributed by atoms with Gasteiger partial charge in [-0.1, -0.05) is 36.4 Å². The third-order valence-electron chi connectivity index (χ3n) is 6.72. The van der Waals surface area contributed by atoms with Crippen LogP contribution in [0.3, 0.4) is 0 Å². The molecule has 2 atom stereocenters. The zero-order valence-electron chi connectivity index (χ0n) is 19.5. The van der Waals surface area contributed by atoms with Crippen molar-refractivity contribution in [3.8, 4) is 0 Å². The van der Waals surface area contributed by atoms with Crippen molar-refractivity contribution >= 4 is 18.0 Å². The molecule has 7 heteroatoms. The average molecular weight is 464 g/mol. The van der Waals surface area contributed by atoms with Gasteiger partial charge in [-0.3, -0.25) is 14.6 Å². The van der Waals surface area contributed by atoms with Crippen molar-refractivity contribution in [2.24, 2.45) is 16.8 Å². The van der Waals surface area contributed by atoms with Crippen molar-refractivity contribution in [3.05, 3.63) is 70.3 Å². The van der Waals surface area contributed by atoms with Crippen LogP contribution in [0.4, 0.5) is 0 Å². The van der Waals surface area contributed by atoms with Crippen molar-refractivity contribution in [1.29, 1.82) is 0 Å². The molecule has 1 saturated heterocycles. The summed E-state index contributed by atoms with van der Waals surface area (Å²) in [6, 6.07) is 12.9. The number of piperidine rings is 1. The fraction of sp³-hybridized carbons (Fsp3) is 0.444. The largest absolute Gasteiger partial charge is 0.463 e. The van der Waals surface area contributed by atoms with Crippen LogP contribution in [-0.4, -0.2) is 54.4 Å². The molecule has 0 amide bonds. The Hall–Kier alpha value is -3.03. The van der Waals surface area contributed by atoms with Gasteiger partial charge in [0.25, 0.3) is 0 Å². The van der Waals surface area contributed by atoms with E-state index in [1.54, 1.807) is 0 Å². The molecule has 1 aliphatic heterocycles. The first-order chi connectivity index (χ1) is 16.5. The molecule has 0 spiro atoms. The lowest BCUT2D eigenvalue weighted by Gasteiger charge is -2.30. The van der Waals surface area contributed by atoms with E-state index in [-0.39, 0.29) is 43.3 Å². The third kappa shape index (κ3) is 5.90. The van der Waals surface area contributed by atoms with Crippen LogP contribution < -0.4 is 5.73 Å². The number of carbonyl (C=O) groups is 2. The summed E-state index contributed by atoms with van der Waals surface area (Å²) >= 11 is 0. The van der Waals surface area contributed by atoms with Gasteiger partial charge in [-0.05, 0) is 60.8 Å². The lowest BCUT2D eigenvalue weighted by molar-refractivity contribution is -0.146. The summed E-state index contributed by atoms with van der Waals surface area (Å²) in [7, 11) is 0. The van der Waals surface area contributed by atoms with E-state index >= 15 is 0 Å². The molecule has 1 aliphatic carbocycles. The molecular weight excluding hydrogens is 430 g/mol. The van der Waals surface area contributed by atoms with Crippen LogP contribution in [0.1, 0.15) is 70.8 Å². The van der Waals surface area contributed by atoms with Crippen LogP contribution in [-0.2, 0) is 16.0 Å². The summed E-state index contributed by atoms with van der Waals surface area (Å²) in [5.74, 6) is -0.376. The highest BCUT2D eigenvalue weighted by atomic mass is 16.5. The number of aryl methyl sites for hydroxylation is 1. The molecule has 0 radical (unpaired) electrons. The Kier molecular flexibility index (Phi) is 8.08. The van der Waals surface area contributed by atoms with Crippen molar-refractivity contribution in [3.63, 3.8) is 0 Å². The number of fused-ring (bicyclic) bond motifs is 1. The van der Waals surface area contributed by atoms with Crippen LogP contribution >= 0.6 is 0 Å². The number of hydrazone groups is 1. The number of ether oxygens (including phenoxy) is 1. The normalized spacial score (nSPS) is 20.2. The smallest absolute Gasteiger partial charge is 0.306 e. The predicted molar refractivity (Wildman–Crippen MR) is 131 cm³/mol. The van der Waals surface area contributed by atoms with Crippen LogP contribution in [0.15, 0.2) is 47.6 Å². The Labute approximate surface area is 200 Å². The average Bonchev–Trinajstić information content (AvgIpc) is 2.88. The topological polar surface area (TPSA) is 105 Å². The summed E-state index contributed by atoms with van der Waals surface area (Å²) in [5.41, 5.74) is 10.7. The number of rotatable bonds is 8. The second-order valence-corrected chi connectivity index (χ2v) is 9.10. The Balaban J connectivity index is 1.40. The van der Waals surface area contributed by atoms with E-state index < -0.39 is 0 Å². The third-order valence-corrected chi connectivity index (χ3v) is 6.72. The fourth-order valence-electron chi connectivity index (χ4n) is 4.75. The highest BCUT2D eigenvalue weighted by molar-refractivity contribution is 6.09. The maximum absolute atomic E-state index is 13.1. The zero-order chi connectivity index (χ0) is 23.9. The second kappa shape index (κ2) is 11.4. The van der Waals surface area contributed by atoms with Crippen LogP contribution in [0.2, 0.25) is 0 Å². The maximum atomic E-state index is 13.1. The maximum Gasteiger partial charge on any atom is 0.306 e. The number of nitrogens with two attached hydrogens (primary N) is 1. The zero-order valence-corrected chi connectivity index (χ0v) is 19.5. The minimum atomic E-state index is -0.339. The van der Waals surface area contributed by atoms with E-state index in [2.05, 4.69) is 10.1 Å². The van der Waals surface area contributed by atoms with Gasteiger partial charge >= 0.3 is 5.97 Å². The van der Waals surface area contributed by atoms with Gasteiger partial charge in [-0.15, -0.1) is 0 Å². The van der Waals surface area contributed by atoms with Crippen molar-refractivity contribution in [1.82, 2.24) is 5.01 Å². The van der Waals surface area contributed by atoms with E-state index in [1.165, 1.54) is 19.3 Å². The number of esters is 1. The van der Waals surface area contributed by atoms with E-state index in [4.69, 9.17) is 15.6 Å². The molecule has 180 valence electrons. The molecule has 2 unspecified atom stereocenters. The predicted octanol–water partition coefficient (Wildman–Crippen LogP) is 3.23. The van der Waals surface area contributed by atoms with Gasteiger partial charge in [0, 0.05) is 30.3 Å². The number of aliphatic hydroxyl groups excluding tert-OH is 1. The second-order valence-electron chi connectivity index (χ2n) is 9.10. The quantitative estimate of drug-likeness (QED) is 0.354. The molecule has 2 aliphatic rings. The van der Waals surface area contributed by atoms with Gasteiger partial charge in [0.2, 0.25) is 0 Å². The lowest BCUT2D eigenvalue weighted by atomic mass is 9.78. The molecule has 1 fully saturated rings. The minimum absolute atomic E-state index is 0.00900.